The molecule has 0 fully saturated rings. The van der Waals surface area contributed by atoms with Gasteiger partial charge in [-0.05, 0) is 55.2 Å². The number of hydrogen-bond acceptors (Lipinski definition) is 4. The van der Waals surface area contributed by atoms with Crippen LogP contribution in [0.25, 0.3) is 0 Å². The van der Waals surface area contributed by atoms with Crippen LogP contribution in [0.5, 0.6) is 5.75 Å². The minimum atomic E-state index is -0.542. The maximum atomic E-state index is 13.3. The van der Waals surface area contributed by atoms with Gasteiger partial charge in [0.1, 0.15) is 11.8 Å². The Morgan fingerprint density at radius 3 is 2.27 bits per heavy atom. The molecule has 0 aliphatic carbocycles. The molecule has 2 atom stereocenters. The molecule has 2 aromatic carbocycles. The van der Waals surface area contributed by atoms with Crippen molar-refractivity contribution in [3.63, 3.8) is 0 Å². The second-order valence-electron chi connectivity index (χ2n) is 7.85. The summed E-state index contributed by atoms with van der Waals surface area (Å²) in [6, 6.07) is 12.5. The van der Waals surface area contributed by atoms with E-state index >= 15 is 0 Å². The number of carbonyl (C=O) groups is 2. The highest BCUT2D eigenvalue weighted by Gasteiger charge is 2.29. The molecule has 0 saturated heterocycles. The Bertz CT molecular complexity index is 924. The van der Waals surface area contributed by atoms with Crippen LogP contribution in [-0.2, 0) is 21.9 Å². The highest BCUT2D eigenvalue weighted by molar-refractivity contribution is 7.99. The lowest BCUT2D eigenvalue weighted by Crippen LogP contribution is -2.51. The van der Waals surface area contributed by atoms with Gasteiger partial charge in [0.05, 0.1) is 22.9 Å². The number of nitrogens with one attached hydrogen (secondary N) is 1. The predicted molar refractivity (Wildman–Crippen MR) is 138 cm³/mol. The molecule has 33 heavy (non-hydrogen) atoms. The Morgan fingerprint density at radius 1 is 1.03 bits per heavy atom. The first-order valence-electron chi connectivity index (χ1n) is 11.0. The molecule has 5 nitrogen and oxygen atoms in total. The van der Waals surface area contributed by atoms with Crippen LogP contribution in [0.1, 0.15) is 44.7 Å². The number of halogens is 2. The molecule has 0 heterocycles. The number of nitrogens with zero attached hydrogens (tertiary/aromatic N) is 1. The molecule has 0 aromatic heterocycles. The molecule has 2 amide bonds. The molecular formula is C25H32Cl2N2O3S. The van der Waals surface area contributed by atoms with E-state index in [0.29, 0.717) is 28.8 Å². The lowest BCUT2D eigenvalue weighted by Gasteiger charge is -2.31. The molecule has 0 aliphatic rings. The van der Waals surface area contributed by atoms with Gasteiger partial charge in [0.25, 0.3) is 0 Å². The van der Waals surface area contributed by atoms with Gasteiger partial charge >= 0.3 is 0 Å². The van der Waals surface area contributed by atoms with Crippen LogP contribution < -0.4 is 10.1 Å². The molecule has 0 radical (unpaired) electrons. The molecule has 180 valence electrons. The first-order chi connectivity index (χ1) is 15.8. The molecular weight excluding hydrogens is 479 g/mol. The molecule has 0 saturated carbocycles. The third kappa shape index (κ3) is 8.43. The molecule has 0 unspecified atom stereocenters. The van der Waals surface area contributed by atoms with Crippen LogP contribution in [-0.4, -0.2) is 41.7 Å². The van der Waals surface area contributed by atoms with E-state index in [0.717, 1.165) is 23.3 Å². The van der Waals surface area contributed by atoms with Crippen molar-refractivity contribution in [1.82, 2.24) is 10.2 Å². The maximum absolute atomic E-state index is 13.3. The third-order valence-electron chi connectivity index (χ3n) is 5.38. The van der Waals surface area contributed by atoms with Gasteiger partial charge in [-0.25, -0.2) is 0 Å². The van der Waals surface area contributed by atoms with Gasteiger partial charge in [-0.1, -0.05) is 55.2 Å². The molecule has 0 bridgehead atoms. The average molecular weight is 512 g/mol. The van der Waals surface area contributed by atoms with Gasteiger partial charge in [-0.3, -0.25) is 9.59 Å². The van der Waals surface area contributed by atoms with E-state index in [4.69, 9.17) is 27.9 Å². The number of methoxy groups -OCH3 is 1. The highest BCUT2D eigenvalue weighted by Crippen LogP contribution is 2.25. The Morgan fingerprint density at radius 2 is 1.70 bits per heavy atom. The zero-order valence-electron chi connectivity index (χ0n) is 19.6. The summed E-state index contributed by atoms with van der Waals surface area (Å²) < 4.78 is 5.23. The van der Waals surface area contributed by atoms with Gasteiger partial charge in [-0.2, -0.15) is 0 Å². The van der Waals surface area contributed by atoms with E-state index in [2.05, 4.69) is 5.32 Å². The fourth-order valence-electron chi connectivity index (χ4n) is 3.26. The summed E-state index contributed by atoms with van der Waals surface area (Å²) in [6.45, 7) is 6.26. The average Bonchev–Trinajstić information content (AvgIpc) is 2.81. The lowest BCUT2D eigenvalue weighted by atomic mass is 10.1. The van der Waals surface area contributed by atoms with Crippen molar-refractivity contribution in [2.24, 2.45) is 0 Å². The minimum absolute atomic E-state index is 0.0496. The summed E-state index contributed by atoms with van der Waals surface area (Å²) in [5, 5.41) is 4.03. The highest BCUT2D eigenvalue weighted by atomic mass is 35.5. The maximum Gasteiger partial charge on any atom is 0.243 e. The number of benzene rings is 2. The quantitative estimate of drug-likeness (QED) is 0.382. The van der Waals surface area contributed by atoms with Crippen molar-refractivity contribution >= 4 is 46.8 Å². The number of amides is 2. The van der Waals surface area contributed by atoms with E-state index in [-0.39, 0.29) is 23.6 Å². The molecule has 2 rings (SSSR count). The minimum Gasteiger partial charge on any atom is -0.497 e. The number of rotatable bonds is 12. The fourth-order valence-corrected chi connectivity index (χ4v) is 4.44. The van der Waals surface area contributed by atoms with Crippen LogP contribution in [0.3, 0.4) is 0 Å². The number of carbonyl (C=O) groups excluding carboxylic acids is 2. The van der Waals surface area contributed by atoms with Gasteiger partial charge in [0.15, 0.2) is 0 Å². The van der Waals surface area contributed by atoms with Crippen LogP contribution in [0.15, 0.2) is 42.5 Å². The second kappa shape index (κ2) is 13.7. The van der Waals surface area contributed by atoms with Gasteiger partial charge < -0.3 is 15.0 Å². The summed E-state index contributed by atoms with van der Waals surface area (Å²) in [6.07, 6.45) is 1.36. The summed E-state index contributed by atoms with van der Waals surface area (Å²) in [4.78, 5) is 28.0. The largest absolute Gasteiger partial charge is 0.497 e. The topological polar surface area (TPSA) is 58.6 Å². The van der Waals surface area contributed by atoms with Gasteiger partial charge in [-0.15, -0.1) is 11.8 Å². The Hall–Kier alpha value is -1.89. The number of thioether (sulfide) groups is 1. The first kappa shape index (κ1) is 27.4. The van der Waals surface area contributed by atoms with Crippen LogP contribution in [0, 0.1) is 0 Å². The third-order valence-corrected chi connectivity index (χ3v) is 7.10. The molecule has 1 N–H and O–H groups in total. The van der Waals surface area contributed by atoms with Crippen molar-refractivity contribution in [3.05, 3.63) is 63.6 Å². The summed E-state index contributed by atoms with van der Waals surface area (Å²) in [5.74, 6) is 1.42. The van der Waals surface area contributed by atoms with E-state index in [1.807, 2.05) is 57.2 Å². The summed E-state index contributed by atoms with van der Waals surface area (Å²) in [5.41, 5.74) is 1.93. The Balaban J connectivity index is 2.14. The normalized spacial score (nSPS) is 12.7. The van der Waals surface area contributed by atoms with Gasteiger partial charge in [0.2, 0.25) is 11.8 Å². The number of hydrogen-bond donors (Lipinski definition) is 1. The van der Waals surface area contributed by atoms with Crippen molar-refractivity contribution < 1.29 is 14.3 Å². The summed E-state index contributed by atoms with van der Waals surface area (Å²) in [7, 11) is 1.61. The van der Waals surface area contributed by atoms with Crippen LogP contribution >= 0.6 is 35.0 Å². The van der Waals surface area contributed by atoms with E-state index < -0.39 is 6.04 Å². The molecule has 0 spiro atoms. The van der Waals surface area contributed by atoms with Crippen molar-refractivity contribution in [2.45, 2.75) is 58.0 Å². The zero-order valence-corrected chi connectivity index (χ0v) is 21.9. The molecule has 2 aromatic rings. The Labute approximate surface area is 211 Å². The van der Waals surface area contributed by atoms with E-state index in [9.17, 15) is 9.59 Å². The summed E-state index contributed by atoms with van der Waals surface area (Å²) >= 11 is 13.6. The standard InChI is InChI=1S/C25H32Cl2N2O3S/c1-5-17(3)28-25(31)23(6-2)29(14-18-7-10-20(32-4)11-8-18)24(30)16-33-15-19-9-12-21(26)22(27)13-19/h7-13,17,23H,5-6,14-16H2,1-4H3,(H,28,31)/t17-,23+/m0/s1. The Kier molecular flexibility index (Phi) is 11.4. The van der Waals surface area contributed by atoms with E-state index in [1.54, 1.807) is 18.1 Å². The van der Waals surface area contributed by atoms with Crippen LogP contribution in [0.2, 0.25) is 10.0 Å². The zero-order chi connectivity index (χ0) is 24.4. The first-order valence-corrected chi connectivity index (χ1v) is 12.9. The lowest BCUT2D eigenvalue weighted by molar-refractivity contribution is -0.139. The van der Waals surface area contributed by atoms with Crippen LogP contribution in [0.4, 0.5) is 0 Å². The molecule has 8 heteroatoms. The predicted octanol–water partition coefficient (Wildman–Crippen LogP) is 5.96. The monoisotopic (exact) mass is 510 g/mol. The van der Waals surface area contributed by atoms with E-state index in [1.165, 1.54) is 11.8 Å². The molecule has 0 aliphatic heterocycles. The number of ether oxygens (including phenoxy) is 1. The van der Waals surface area contributed by atoms with Gasteiger partial charge in [0, 0.05) is 18.3 Å². The fraction of sp³-hybridized carbons (Fsp3) is 0.440. The smallest absolute Gasteiger partial charge is 0.243 e. The van der Waals surface area contributed by atoms with Crippen molar-refractivity contribution in [2.75, 3.05) is 12.9 Å². The second-order valence-corrected chi connectivity index (χ2v) is 9.65. The van der Waals surface area contributed by atoms with Crippen molar-refractivity contribution in [3.8, 4) is 5.75 Å². The van der Waals surface area contributed by atoms with Crippen molar-refractivity contribution in [1.29, 1.82) is 0 Å². The SMILES string of the molecule is CC[C@H](C(=O)N[C@@H](C)CC)N(Cc1ccc(OC)cc1)C(=O)CSCc1ccc(Cl)c(Cl)c1.